The number of rotatable bonds is 6. The predicted molar refractivity (Wildman–Crippen MR) is 82.4 cm³/mol. The highest BCUT2D eigenvalue weighted by Crippen LogP contribution is 2.34. The molecule has 1 aromatic carbocycles. The average molecular weight is 301 g/mol. The lowest BCUT2D eigenvalue weighted by atomic mass is 9.87. The first kappa shape index (κ1) is 16.4. The van der Waals surface area contributed by atoms with Crippen molar-refractivity contribution in [2.75, 3.05) is 5.75 Å². The van der Waals surface area contributed by atoms with Gasteiger partial charge in [0.15, 0.2) is 0 Å². The summed E-state index contributed by atoms with van der Waals surface area (Å²) in [5.74, 6) is 0.227. The molecule has 0 aromatic heterocycles. The summed E-state index contributed by atoms with van der Waals surface area (Å²) in [6, 6.07) is 6.00. The first-order valence-electron chi connectivity index (χ1n) is 6.45. The summed E-state index contributed by atoms with van der Waals surface area (Å²) in [7, 11) is 0. The maximum atomic E-state index is 10.4. The molecule has 0 heterocycles. The van der Waals surface area contributed by atoms with Crippen LogP contribution in [0.15, 0.2) is 23.1 Å². The van der Waals surface area contributed by atoms with Crippen LogP contribution in [-0.4, -0.2) is 16.8 Å². The number of carboxylic acids is 1. The highest BCUT2D eigenvalue weighted by atomic mass is 35.5. The van der Waals surface area contributed by atoms with Crippen LogP contribution in [0.25, 0.3) is 0 Å². The topological polar surface area (TPSA) is 37.3 Å². The minimum atomic E-state index is -0.716. The molecule has 4 heteroatoms. The Balaban J connectivity index is 2.61. The van der Waals surface area contributed by atoms with Crippen LogP contribution >= 0.6 is 23.4 Å². The van der Waals surface area contributed by atoms with Crippen LogP contribution in [0, 0.1) is 0 Å². The van der Waals surface area contributed by atoms with Crippen LogP contribution in [-0.2, 0) is 10.2 Å². The zero-order chi connectivity index (χ0) is 14.5. The van der Waals surface area contributed by atoms with Crippen molar-refractivity contribution >= 4 is 29.3 Å². The fraction of sp³-hybridized carbons (Fsp3) is 0.533. The third kappa shape index (κ3) is 5.87. The van der Waals surface area contributed by atoms with Crippen molar-refractivity contribution in [3.05, 3.63) is 28.8 Å². The van der Waals surface area contributed by atoms with Crippen molar-refractivity contribution in [2.24, 2.45) is 0 Å². The van der Waals surface area contributed by atoms with Gasteiger partial charge in [-0.2, -0.15) is 0 Å². The summed E-state index contributed by atoms with van der Waals surface area (Å²) in [5, 5.41) is 9.35. The van der Waals surface area contributed by atoms with Crippen LogP contribution in [0.4, 0.5) is 0 Å². The standard InChI is InChI=1S/C15H21ClO2S/c1-15(2,3)12-10-11(16)7-8-13(12)19-9-5-4-6-14(17)18/h7-8,10H,4-6,9H2,1-3H3,(H,17,18). The lowest BCUT2D eigenvalue weighted by Gasteiger charge is -2.23. The fourth-order valence-electron chi connectivity index (χ4n) is 1.77. The minimum Gasteiger partial charge on any atom is -0.481 e. The normalized spacial score (nSPS) is 11.6. The Morgan fingerprint density at radius 3 is 2.58 bits per heavy atom. The molecule has 0 unspecified atom stereocenters. The lowest BCUT2D eigenvalue weighted by Crippen LogP contribution is -2.12. The molecule has 0 spiro atoms. The molecule has 2 nitrogen and oxygen atoms in total. The van der Waals surface area contributed by atoms with Crippen LogP contribution in [0.1, 0.15) is 45.6 Å². The van der Waals surface area contributed by atoms with E-state index in [9.17, 15) is 4.79 Å². The van der Waals surface area contributed by atoms with E-state index in [-0.39, 0.29) is 11.8 Å². The molecular formula is C15H21ClO2S. The maximum absolute atomic E-state index is 10.4. The number of aliphatic carboxylic acids is 1. The molecule has 0 saturated carbocycles. The minimum absolute atomic E-state index is 0.0638. The van der Waals surface area contributed by atoms with Gasteiger partial charge >= 0.3 is 5.97 Å². The lowest BCUT2D eigenvalue weighted by molar-refractivity contribution is -0.137. The molecule has 19 heavy (non-hydrogen) atoms. The zero-order valence-corrected chi connectivity index (χ0v) is 13.3. The first-order valence-corrected chi connectivity index (χ1v) is 7.81. The molecular weight excluding hydrogens is 280 g/mol. The highest BCUT2D eigenvalue weighted by molar-refractivity contribution is 7.99. The third-order valence-corrected chi connectivity index (χ3v) is 4.19. The number of carboxylic acid groups (broad SMARTS) is 1. The Morgan fingerprint density at radius 2 is 2.00 bits per heavy atom. The van der Waals surface area contributed by atoms with Crippen LogP contribution in [0.2, 0.25) is 5.02 Å². The average Bonchev–Trinajstić information content (AvgIpc) is 2.28. The van der Waals surface area contributed by atoms with E-state index in [0.717, 1.165) is 23.6 Å². The van der Waals surface area contributed by atoms with Gasteiger partial charge in [-0.25, -0.2) is 0 Å². The first-order chi connectivity index (χ1) is 8.80. The van der Waals surface area contributed by atoms with Gasteiger partial charge in [0.25, 0.3) is 0 Å². The number of unbranched alkanes of at least 4 members (excludes halogenated alkanes) is 1. The maximum Gasteiger partial charge on any atom is 0.303 e. The zero-order valence-electron chi connectivity index (χ0n) is 11.7. The fourth-order valence-corrected chi connectivity index (χ4v) is 3.20. The van der Waals surface area contributed by atoms with Gasteiger partial charge in [0.05, 0.1) is 0 Å². The summed E-state index contributed by atoms with van der Waals surface area (Å²) >= 11 is 7.85. The molecule has 1 aromatic rings. The highest BCUT2D eigenvalue weighted by Gasteiger charge is 2.18. The molecule has 0 aliphatic carbocycles. The van der Waals surface area contributed by atoms with Gasteiger partial charge in [0, 0.05) is 16.3 Å². The molecule has 0 saturated heterocycles. The number of halogens is 1. The smallest absolute Gasteiger partial charge is 0.303 e. The molecule has 1 rings (SSSR count). The molecule has 0 fully saturated rings. The predicted octanol–water partition coefficient (Wildman–Crippen LogP) is 4.98. The second kappa shape index (κ2) is 7.20. The quantitative estimate of drug-likeness (QED) is 0.594. The second-order valence-corrected chi connectivity index (χ2v) is 7.16. The van der Waals surface area contributed by atoms with Gasteiger partial charge in [0.2, 0.25) is 0 Å². The number of carbonyl (C=O) groups is 1. The van der Waals surface area contributed by atoms with Crippen molar-refractivity contribution < 1.29 is 9.90 Å². The van der Waals surface area contributed by atoms with Crippen molar-refractivity contribution in [2.45, 2.75) is 50.3 Å². The summed E-state index contributed by atoms with van der Waals surface area (Å²) in [4.78, 5) is 11.7. The molecule has 0 aliphatic heterocycles. The molecule has 106 valence electrons. The summed E-state index contributed by atoms with van der Waals surface area (Å²) < 4.78 is 0. The van der Waals surface area contributed by atoms with Gasteiger partial charge in [0.1, 0.15) is 0 Å². The largest absolute Gasteiger partial charge is 0.481 e. The molecule has 0 aliphatic rings. The molecule has 1 N–H and O–H groups in total. The number of thioether (sulfide) groups is 1. The molecule has 0 radical (unpaired) electrons. The van der Waals surface area contributed by atoms with E-state index in [0.29, 0.717) is 0 Å². The Morgan fingerprint density at radius 1 is 1.32 bits per heavy atom. The van der Waals surface area contributed by atoms with E-state index >= 15 is 0 Å². The number of hydrogen-bond acceptors (Lipinski definition) is 2. The third-order valence-electron chi connectivity index (χ3n) is 2.79. The molecule has 0 amide bonds. The van der Waals surface area contributed by atoms with E-state index in [4.69, 9.17) is 16.7 Å². The Kier molecular flexibility index (Phi) is 6.21. The van der Waals surface area contributed by atoms with Crippen molar-refractivity contribution in [3.8, 4) is 0 Å². The Hall–Kier alpha value is -0.670. The monoisotopic (exact) mass is 300 g/mol. The molecule has 0 bridgehead atoms. The van der Waals surface area contributed by atoms with Crippen molar-refractivity contribution in [1.82, 2.24) is 0 Å². The summed E-state index contributed by atoms with van der Waals surface area (Å²) in [5.41, 5.74) is 1.32. The van der Waals surface area contributed by atoms with Crippen molar-refractivity contribution in [3.63, 3.8) is 0 Å². The van der Waals surface area contributed by atoms with Gasteiger partial charge < -0.3 is 5.11 Å². The Labute approximate surface area is 124 Å². The molecule has 0 atom stereocenters. The number of benzene rings is 1. The summed E-state index contributed by atoms with van der Waals surface area (Å²) in [6.07, 6.45) is 1.91. The van der Waals surface area contributed by atoms with Crippen LogP contribution < -0.4 is 0 Å². The Bertz CT molecular complexity index is 438. The van der Waals surface area contributed by atoms with Gasteiger partial charge in [-0.1, -0.05) is 32.4 Å². The van der Waals surface area contributed by atoms with E-state index in [1.807, 2.05) is 12.1 Å². The van der Waals surface area contributed by atoms with E-state index in [1.165, 1.54) is 10.5 Å². The van der Waals surface area contributed by atoms with Gasteiger partial charge in [-0.05, 0) is 47.8 Å². The van der Waals surface area contributed by atoms with Gasteiger partial charge in [-0.3, -0.25) is 4.79 Å². The van der Waals surface area contributed by atoms with E-state index in [1.54, 1.807) is 11.8 Å². The van der Waals surface area contributed by atoms with E-state index in [2.05, 4.69) is 26.8 Å². The summed E-state index contributed by atoms with van der Waals surface area (Å²) in [6.45, 7) is 6.52. The SMILES string of the molecule is CC(C)(C)c1cc(Cl)ccc1SCCCCC(=O)O. The number of hydrogen-bond donors (Lipinski definition) is 1. The second-order valence-electron chi connectivity index (χ2n) is 5.59. The van der Waals surface area contributed by atoms with Gasteiger partial charge in [-0.15, -0.1) is 11.8 Å². The van der Waals surface area contributed by atoms with Crippen LogP contribution in [0.3, 0.4) is 0 Å². The van der Waals surface area contributed by atoms with Crippen molar-refractivity contribution in [1.29, 1.82) is 0 Å². The van der Waals surface area contributed by atoms with E-state index < -0.39 is 5.97 Å². The van der Waals surface area contributed by atoms with Crippen LogP contribution in [0.5, 0.6) is 0 Å².